The number of aliphatic hydroxyl groups is 1. The number of carboxylic acids is 1. The molecule has 4 fully saturated rings. The van der Waals surface area contributed by atoms with E-state index in [1.54, 1.807) is 0 Å². The maximum absolute atomic E-state index is 10.3. The van der Waals surface area contributed by atoms with E-state index >= 15 is 0 Å². The summed E-state index contributed by atoms with van der Waals surface area (Å²) in [5.74, 6) is -0.734. The SMILES string of the molecule is CNC1CCN(C2C=CNC(N3CCCC3)N2)CC1.O=C(O)C1CCNCC1.OC1CCCCC1. The molecule has 0 bridgehead atoms. The first-order valence-electron chi connectivity index (χ1n) is 14.0. The summed E-state index contributed by atoms with van der Waals surface area (Å²) in [5, 5.41) is 31.1. The van der Waals surface area contributed by atoms with E-state index in [4.69, 9.17) is 10.2 Å². The van der Waals surface area contributed by atoms with E-state index < -0.39 is 5.97 Å². The van der Waals surface area contributed by atoms with Gasteiger partial charge >= 0.3 is 5.97 Å². The molecule has 4 aliphatic heterocycles. The number of hydrogen-bond acceptors (Lipinski definition) is 8. The van der Waals surface area contributed by atoms with Gasteiger partial charge in [0.15, 0.2) is 0 Å². The summed E-state index contributed by atoms with van der Waals surface area (Å²) in [6.45, 7) is 6.51. The summed E-state index contributed by atoms with van der Waals surface area (Å²) in [4.78, 5) is 15.4. The molecule has 5 aliphatic rings. The molecule has 2 unspecified atom stereocenters. The van der Waals surface area contributed by atoms with Gasteiger partial charge in [0.1, 0.15) is 6.29 Å². The standard InChI is InChI=1S/C14H27N5.C6H11NO2.C6H12O/c1-15-12-5-10-18(11-6-12)13-4-7-16-14(17-13)19-8-2-3-9-19;8-6(9)5-1-3-7-4-2-5;7-6-4-2-1-3-5-6/h4,7,12-17H,2-3,5-6,8-11H2,1H3;5,7H,1-4H2,(H,8,9);6-7H,1-5H2. The van der Waals surface area contributed by atoms with Crippen LogP contribution in [0.25, 0.3) is 0 Å². The highest BCUT2D eigenvalue weighted by molar-refractivity contribution is 5.70. The van der Waals surface area contributed by atoms with E-state index in [0.717, 1.165) is 38.8 Å². The number of nitrogens with one attached hydrogen (secondary N) is 4. The van der Waals surface area contributed by atoms with Crippen LogP contribution in [-0.2, 0) is 4.79 Å². The summed E-state index contributed by atoms with van der Waals surface area (Å²) in [6.07, 6.45) is 17.8. The van der Waals surface area contributed by atoms with Crippen LogP contribution in [0.4, 0.5) is 0 Å². The highest BCUT2D eigenvalue weighted by Crippen LogP contribution is 2.17. The zero-order valence-electron chi connectivity index (χ0n) is 21.8. The lowest BCUT2D eigenvalue weighted by molar-refractivity contribution is -0.142. The molecular weight excluding hydrogens is 444 g/mol. The molecule has 9 heteroatoms. The van der Waals surface area contributed by atoms with Crippen molar-refractivity contribution in [2.75, 3.05) is 46.3 Å². The summed E-state index contributed by atoms with van der Waals surface area (Å²) in [6, 6.07) is 0.705. The molecule has 5 rings (SSSR count). The molecule has 0 aromatic heterocycles. The number of nitrogens with zero attached hydrogens (tertiary/aromatic N) is 2. The quantitative estimate of drug-likeness (QED) is 0.346. The minimum absolute atomic E-state index is 0.0359. The first-order valence-corrected chi connectivity index (χ1v) is 14.0. The number of aliphatic hydroxyl groups excluding tert-OH is 1. The maximum Gasteiger partial charge on any atom is 0.306 e. The summed E-state index contributed by atoms with van der Waals surface area (Å²) in [5.41, 5.74) is 0. The van der Waals surface area contributed by atoms with Gasteiger partial charge in [-0.25, -0.2) is 0 Å². The zero-order chi connectivity index (χ0) is 24.9. The fourth-order valence-electron chi connectivity index (χ4n) is 5.56. The maximum atomic E-state index is 10.3. The molecule has 3 saturated heterocycles. The number of aliphatic carboxylic acids is 1. The van der Waals surface area contributed by atoms with Crippen LogP contribution in [0.2, 0.25) is 0 Å². The fourth-order valence-corrected chi connectivity index (χ4v) is 5.56. The Morgan fingerprint density at radius 3 is 2.06 bits per heavy atom. The number of carboxylic acid groups (broad SMARTS) is 1. The topological polar surface area (TPSA) is 112 Å². The van der Waals surface area contributed by atoms with Gasteiger partial charge in [0.05, 0.1) is 18.2 Å². The average molecular weight is 495 g/mol. The van der Waals surface area contributed by atoms with Crippen LogP contribution in [0.3, 0.4) is 0 Å². The molecule has 9 nitrogen and oxygen atoms in total. The van der Waals surface area contributed by atoms with Crippen LogP contribution in [0.1, 0.15) is 70.6 Å². The molecule has 6 N–H and O–H groups in total. The third-order valence-corrected chi connectivity index (χ3v) is 7.96. The van der Waals surface area contributed by atoms with Crippen molar-refractivity contribution in [1.82, 2.24) is 31.1 Å². The van der Waals surface area contributed by atoms with Gasteiger partial charge < -0.3 is 26.2 Å². The highest BCUT2D eigenvalue weighted by atomic mass is 16.4. The van der Waals surface area contributed by atoms with E-state index in [2.05, 4.69) is 50.4 Å². The molecule has 0 amide bonds. The lowest BCUT2D eigenvalue weighted by Gasteiger charge is -2.42. The van der Waals surface area contributed by atoms with E-state index in [1.165, 1.54) is 71.1 Å². The highest BCUT2D eigenvalue weighted by Gasteiger charge is 2.29. The largest absolute Gasteiger partial charge is 0.481 e. The van der Waals surface area contributed by atoms with Crippen molar-refractivity contribution >= 4 is 5.97 Å². The van der Waals surface area contributed by atoms with Crippen LogP contribution in [-0.4, -0.2) is 96.9 Å². The van der Waals surface area contributed by atoms with Crippen molar-refractivity contribution in [2.45, 2.75) is 95.2 Å². The van der Waals surface area contributed by atoms with E-state index in [9.17, 15) is 4.79 Å². The Labute approximate surface area is 212 Å². The first-order chi connectivity index (χ1) is 17.1. The average Bonchev–Trinajstić information content (AvgIpc) is 3.46. The van der Waals surface area contributed by atoms with Crippen LogP contribution in [0.5, 0.6) is 0 Å². The van der Waals surface area contributed by atoms with Crippen molar-refractivity contribution < 1.29 is 15.0 Å². The number of piperidine rings is 2. The summed E-state index contributed by atoms with van der Waals surface area (Å²) >= 11 is 0. The molecule has 0 radical (unpaired) electrons. The third kappa shape index (κ3) is 9.98. The monoisotopic (exact) mass is 494 g/mol. The normalized spacial score (nSPS) is 29.4. The predicted octanol–water partition coefficient (Wildman–Crippen LogP) is 1.46. The Bertz CT molecular complexity index is 610. The molecule has 1 aliphatic carbocycles. The van der Waals surface area contributed by atoms with Crippen molar-refractivity contribution in [1.29, 1.82) is 0 Å². The van der Waals surface area contributed by atoms with Gasteiger partial charge in [-0.05, 0) is 83.8 Å². The number of carbonyl (C=O) groups is 1. The van der Waals surface area contributed by atoms with Gasteiger partial charge in [0.25, 0.3) is 0 Å². The second-order valence-corrected chi connectivity index (χ2v) is 10.5. The van der Waals surface area contributed by atoms with Gasteiger partial charge in [0.2, 0.25) is 0 Å². The van der Waals surface area contributed by atoms with E-state index in [1.807, 2.05) is 0 Å². The van der Waals surface area contributed by atoms with Crippen LogP contribution < -0.4 is 21.3 Å². The molecule has 0 aromatic rings. The number of hydrogen-bond donors (Lipinski definition) is 6. The summed E-state index contributed by atoms with van der Waals surface area (Å²) < 4.78 is 0. The van der Waals surface area contributed by atoms with Crippen molar-refractivity contribution in [3.63, 3.8) is 0 Å². The molecule has 202 valence electrons. The van der Waals surface area contributed by atoms with Gasteiger partial charge in [0, 0.05) is 32.2 Å². The molecule has 0 spiro atoms. The van der Waals surface area contributed by atoms with Gasteiger partial charge in [-0.1, -0.05) is 19.3 Å². The van der Waals surface area contributed by atoms with E-state index in [0.29, 0.717) is 18.5 Å². The molecular formula is C26H50N6O3. The van der Waals surface area contributed by atoms with Crippen LogP contribution in [0, 0.1) is 5.92 Å². The smallest absolute Gasteiger partial charge is 0.306 e. The lowest BCUT2D eigenvalue weighted by Crippen LogP contribution is -2.62. The van der Waals surface area contributed by atoms with Crippen molar-refractivity contribution in [2.24, 2.45) is 5.92 Å². The molecule has 4 heterocycles. The fraction of sp³-hybridized carbons (Fsp3) is 0.885. The second-order valence-electron chi connectivity index (χ2n) is 10.5. The Morgan fingerprint density at radius 2 is 1.54 bits per heavy atom. The Hall–Kier alpha value is -1.23. The van der Waals surface area contributed by atoms with Crippen LogP contribution in [0.15, 0.2) is 12.3 Å². The Balaban J connectivity index is 0.000000177. The summed E-state index contributed by atoms with van der Waals surface area (Å²) in [7, 11) is 2.08. The lowest BCUT2D eigenvalue weighted by atomic mass is 9.98. The van der Waals surface area contributed by atoms with Crippen molar-refractivity contribution in [3.8, 4) is 0 Å². The number of likely N-dealkylation sites (tertiary alicyclic amines) is 2. The van der Waals surface area contributed by atoms with Gasteiger partial charge in [-0.15, -0.1) is 0 Å². The Morgan fingerprint density at radius 1 is 0.886 bits per heavy atom. The zero-order valence-corrected chi connectivity index (χ0v) is 21.8. The third-order valence-electron chi connectivity index (χ3n) is 7.96. The van der Waals surface area contributed by atoms with Crippen LogP contribution >= 0.6 is 0 Å². The predicted molar refractivity (Wildman–Crippen MR) is 140 cm³/mol. The molecule has 35 heavy (non-hydrogen) atoms. The first kappa shape index (κ1) is 28.3. The molecule has 0 aromatic carbocycles. The van der Waals surface area contributed by atoms with E-state index in [-0.39, 0.29) is 12.0 Å². The van der Waals surface area contributed by atoms with Crippen molar-refractivity contribution in [3.05, 3.63) is 12.3 Å². The molecule has 2 atom stereocenters. The minimum Gasteiger partial charge on any atom is -0.481 e. The molecule has 1 saturated carbocycles. The van der Waals surface area contributed by atoms with Gasteiger partial charge in [-0.3, -0.25) is 19.9 Å². The van der Waals surface area contributed by atoms with Gasteiger partial charge in [-0.2, -0.15) is 0 Å². The second kappa shape index (κ2) is 15.8. The number of rotatable bonds is 4. The minimum atomic E-state index is -0.642. The Kier molecular flexibility index (Phi) is 12.8.